The van der Waals surface area contributed by atoms with E-state index >= 15 is 0 Å². The number of rotatable bonds is 9. The zero-order valence-corrected chi connectivity index (χ0v) is 25.1. The van der Waals surface area contributed by atoms with Crippen molar-refractivity contribution in [1.29, 1.82) is 0 Å². The number of nitrogens with one attached hydrogen (secondary N) is 1. The van der Waals surface area contributed by atoms with E-state index in [9.17, 15) is 0 Å². The highest BCUT2D eigenvalue weighted by Gasteiger charge is 2.30. The maximum Gasteiger partial charge on any atom is 0.187 e. The zero-order valence-electron chi connectivity index (χ0n) is 24.3. The topological polar surface area (TPSA) is 91.4 Å². The summed E-state index contributed by atoms with van der Waals surface area (Å²) in [5.41, 5.74) is 11.0. The average molecular weight is 560 g/mol. The SMILES string of the molecule is Cc1ccc(OC(C)(C)C(C)c2ccc(CN3CCN(C)CC3)cc2)cc1Nc1nc(C2=NCCC(N)=N2)cs1. The van der Waals surface area contributed by atoms with Crippen molar-refractivity contribution in [2.75, 3.05) is 45.1 Å². The molecular weight excluding hydrogens is 518 g/mol. The molecule has 0 radical (unpaired) electrons. The molecule has 1 saturated heterocycles. The Kier molecular flexibility index (Phi) is 8.54. The lowest BCUT2D eigenvalue weighted by molar-refractivity contribution is 0.0839. The van der Waals surface area contributed by atoms with Crippen LogP contribution in [-0.4, -0.2) is 71.8 Å². The number of amidine groups is 2. The molecule has 2 aliphatic heterocycles. The van der Waals surface area contributed by atoms with Crippen LogP contribution in [0.2, 0.25) is 0 Å². The fourth-order valence-electron chi connectivity index (χ4n) is 4.96. The van der Waals surface area contributed by atoms with Crippen molar-refractivity contribution in [2.24, 2.45) is 15.7 Å². The highest BCUT2D eigenvalue weighted by atomic mass is 32.1. The van der Waals surface area contributed by atoms with E-state index < -0.39 is 5.60 Å². The standard InChI is InChI=1S/C31H41N7OS/c1-21-6-11-25(18-26(21)34-30-35-27(20-40-30)29-33-13-12-28(32)36-29)39-31(3,4)22(2)24-9-7-23(8-10-24)19-38-16-14-37(5)15-17-38/h6-11,18,20,22H,12-17,19H2,1-5H3,(H,34,35)(H2,32,33,36). The third-order valence-corrected chi connectivity index (χ3v) is 8.73. The van der Waals surface area contributed by atoms with Gasteiger partial charge in [0.2, 0.25) is 0 Å². The first-order valence-corrected chi connectivity index (χ1v) is 14.9. The van der Waals surface area contributed by atoms with Gasteiger partial charge in [0.05, 0.1) is 0 Å². The van der Waals surface area contributed by atoms with Gasteiger partial charge in [-0.05, 0) is 50.6 Å². The number of hydrogen-bond acceptors (Lipinski definition) is 9. The second kappa shape index (κ2) is 12.1. The van der Waals surface area contributed by atoms with E-state index in [-0.39, 0.29) is 5.92 Å². The smallest absolute Gasteiger partial charge is 0.187 e. The third-order valence-electron chi connectivity index (χ3n) is 7.97. The van der Waals surface area contributed by atoms with E-state index in [4.69, 9.17) is 15.5 Å². The molecular formula is C31H41N7OS. The van der Waals surface area contributed by atoms with Gasteiger partial charge in [-0.25, -0.2) is 9.98 Å². The molecule has 0 aliphatic carbocycles. The Hall–Kier alpha value is -3.27. The molecule has 1 unspecified atom stereocenters. The van der Waals surface area contributed by atoms with E-state index in [1.165, 1.54) is 22.5 Å². The summed E-state index contributed by atoms with van der Waals surface area (Å²) in [4.78, 5) is 18.4. The van der Waals surface area contributed by atoms with Crippen LogP contribution < -0.4 is 15.8 Å². The van der Waals surface area contributed by atoms with Crippen LogP contribution in [0.3, 0.4) is 0 Å². The molecule has 3 heterocycles. The van der Waals surface area contributed by atoms with Crippen LogP contribution in [0.4, 0.5) is 10.8 Å². The number of aliphatic imine (C=N–C) groups is 2. The normalized spacial score (nSPS) is 17.7. The molecule has 0 spiro atoms. The van der Waals surface area contributed by atoms with Gasteiger partial charge in [-0.1, -0.05) is 37.3 Å². The van der Waals surface area contributed by atoms with Gasteiger partial charge in [0.1, 0.15) is 22.9 Å². The van der Waals surface area contributed by atoms with Gasteiger partial charge in [-0.15, -0.1) is 11.3 Å². The van der Waals surface area contributed by atoms with Gasteiger partial charge in [0.15, 0.2) is 11.0 Å². The number of likely N-dealkylation sites (N-methyl/N-ethyl adjacent to an activating group) is 1. The minimum Gasteiger partial charge on any atom is -0.487 e. The minimum atomic E-state index is -0.406. The van der Waals surface area contributed by atoms with Crippen LogP contribution in [-0.2, 0) is 6.54 Å². The van der Waals surface area contributed by atoms with Crippen LogP contribution in [0.5, 0.6) is 5.75 Å². The van der Waals surface area contributed by atoms with E-state index in [1.54, 1.807) is 0 Å². The predicted molar refractivity (Wildman–Crippen MR) is 167 cm³/mol. The maximum absolute atomic E-state index is 6.60. The number of hydrogen-bond donors (Lipinski definition) is 2. The summed E-state index contributed by atoms with van der Waals surface area (Å²) in [5, 5.41) is 6.20. The Morgan fingerprint density at radius 3 is 2.58 bits per heavy atom. The number of nitrogens with two attached hydrogens (primary N) is 1. The average Bonchev–Trinajstić information content (AvgIpc) is 3.40. The van der Waals surface area contributed by atoms with Crippen molar-refractivity contribution in [3.05, 3.63) is 70.2 Å². The summed E-state index contributed by atoms with van der Waals surface area (Å²) in [6.07, 6.45) is 0.696. The molecule has 0 saturated carbocycles. The van der Waals surface area contributed by atoms with Crippen LogP contribution in [0.15, 0.2) is 57.8 Å². The third kappa shape index (κ3) is 6.89. The van der Waals surface area contributed by atoms with E-state index in [1.807, 2.05) is 11.4 Å². The second-order valence-corrected chi connectivity index (χ2v) is 12.3. The summed E-state index contributed by atoms with van der Waals surface area (Å²) in [6.45, 7) is 14.8. The Labute approximate surface area is 242 Å². The fourth-order valence-corrected chi connectivity index (χ4v) is 5.66. The summed E-state index contributed by atoms with van der Waals surface area (Å²) < 4.78 is 6.60. The molecule has 1 atom stereocenters. The van der Waals surface area contributed by atoms with Crippen molar-refractivity contribution in [3.63, 3.8) is 0 Å². The quantitative estimate of drug-likeness (QED) is 0.364. The monoisotopic (exact) mass is 559 g/mol. The molecule has 1 aromatic heterocycles. The van der Waals surface area contributed by atoms with Crippen LogP contribution in [0.1, 0.15) is 55.5 Å². The summed E-state index contributed by atoms with van der Waals surface area (Å²) in [6, 6.07) is 15.2. The number of thiazole rings is 1. The van der Waals surface area contributed by atoms with Gasteiger partial charge in [-0.3, -0.25) is 9.89 Å². The van der Waals surface area contributed by atoms with Gasteiger partial charge >= 0.3 is 0 Å². The van der Waals surface area contributed by atoms with Gasteiger partial charge < -0.3 is 20.7 Å². The number of aromatic nitrogens is 1. The van der Waals surface area contributed by atoms with Gasteiger partial charge in [-0.2, -0.15) is 0 Å². The molecule has 0 bridgehead atoms. The van der Waals surface area contributed by atoms with Gasteiger partial charge in [0, 0.05) is 68.7 Å². The van der Waals surface area contributed by atoms with Crippen molar-refractivity contribution in [1.82, 2.24) is 14.8 Å². The Morgan fingerprint density at radius 1 is 1.10 bits per heavy atom. The highest BCUT2D eigenvalue weighted by Crippen LogP contribution is 2.35. The summed E-state index contributed by atoms with van der Waals surface area (Å²) >= 11 is 1.52. The molecule has 40 heavy (non-hydrogen) atoms. The number of piperazine rings is 1. The van der Waals surface area contributed by atoms with Crippen LogP contribution >= 0.6 is 11.3 Å². The van der Waals surface area contributed by atoms with E-state index in [0.29, 0.717) is 24.6 Å². The number of aryl methyl sites for hydroxylation is 1. The molecule has 2 aromatic carbocycles. The van der Waals surface area contributed by atoms with Crippen LogP contribution in [0.25, 0.3) is 0 Å². The predicted octanol–water partition coefficient (Wildman–Crippen LogP) is 5.41. The van der Waals surface area contributed by atoms with E-state index in [2.05, 4.69) is 96.2 Å². The molecule has 9 heteroatoms. The highest BCUT2D eigenvalue weighted by molar-refractivity contribution is 7.14. The lowest BCUT2D eigenvalue weighted by atomic mass is 9.85. The number of benzene rings is 2. The number of ether oxygens (including phenoxy) is 1. The molecule has 8 nitrogen and oxygen atoms in total. The molecule has 0 amide bonds. The van der Waals surface area contributed by atoms with Crippen molar-refractivity contribution >= 4 is 33.8 Å². The molecule has 2 aliphatic rings. The van der Waals surface area contributed by atoms with Crippen molar-refractivity contribution in [2.45, 2.75) is 52.2 Å². The van der Waals surface area contributed by atoms with Crippen molar-refractivity contribution < 1.29 is 4.74 Å². The Bertz CT molecular complexity index is 1370. The fraction of sp³-hybridized carbons (Fsp3) is 0.452. The Morgan fingerprint density at radius 2 is 1.85 bits per heavy atom. The summed E-state index contributed by atoms with van der Waals surface area (Å²) in [5.74, 6) is 2.23. The van der Waals surface area contributed by atoms with Crippen LogP contribution in [0, 0.1) is 6.92 Å². The molecule has 5 rings (SSSR count). The first kappa shape index (κ1) is 28.3. The summed E-state index contributed by atoms with van der Waals surface area (Å²) in [7, 11) is 2.20. The number of nitrogens with zero attached hydrogens (tertiary/aromatic N) is 5. The maximum atomic E-state index is 6.60. The first-order chi connectivity index (χ1) is 19.2. The molecule has 3 N–H and O–H groups in total. The zero-order chi connectivity index (χ0) is 28.3. The molecule has 212 valence electrons. The lowest BCUT2D eigenvalue weighted by Crippen LogP contribution is -2.43. The first-order valence-electron chi connectivity index (χ1n) is 14.1. The lowest BCUT2D eigenvalue weighted by Gasteiger charge is -2.34. The largest absolute Gasteiger partial charge is 0.487 e. The minimum absolute atomic E-state index is 0.202. The van der Waals surface area contributed by atoms with Crippen molar-refractivity contribution in [3.8, 4) is 5.75 Å². The van der Waals surface area contributed by atoms with Gasteiger partial charge in [0.25, 0.3) is 0 Å². The second-order valence-electron chi connectivity index (χ2n) is 11.4. The number of anilines is 2. The molecule has 1 fully saturated rings. The molecule has 3 aromatic rings. The Balaban J connectivity index is 1.23. The van der Waals surface area contributed by atoms with E-state index in [0.717, 1.165) is 60.5 Å².